The van der Waals surface area contributed by atoms with E-state index in [9.17, 15) is 4.79 Å². The SMILES string of the molecule is C#CCn1ncc(Cl)c(NC(CC)c2ncc[nH]2)c1=O. The largest absolute Gasteiger partial charge is 0.369 e. The maximum atomic E-state index is 12.2. The Morgan fingerprint density at radius 1 is 1.65 bits per heavy atom. The van der Waals surface area contributed by atoms with Gasteiger partial charge in [0, 0.05) is 12.4 Å². The molecule has 0 aromatic carbocycles. The van der Waals surface area contributed by atoms with Gasteiger partial charge in [-0.2, -0.15) is 5.10 Å². The second-order valence-corrected chi connectivity index (χ2v) is 4.52. The molecule has 0 radical (unpaired) electrons. The number of anilines is 1. The van der Waals surface area contributed by atoms with E-state index < -0.39 is 0 Å². The Labute approximate surface area is 121 Å². The third-order valence-electron chi connectivity index (χ3n) is 2.81. The lowest BCUT2D eigenvalue weighted by Gasteiger charge is -2.17. The second-order valence-electron chi connectivity index (χ2n) is 4.11. The highest BCUT2D eigenvalue weighted by Crippen LogP contribution is 2.22. The molecule has 0 aliphatic carbocycles. The number of aromatic amines is 1. The van der Waals surface area contributed by atoms with E-state index in [2.05, 4.69) is 26.3 Å². The van der Waals surface area contributed by atoms with Crippen LogP contribution in [0.2, 0.25) is 5.02 Å². The summed E-state index contributed by atoms with van der Waals surface area (Å²) in [5, 5.41) is 7.25. The summed E-state index contributed by atoms with van der Waals surface area (Å²) in [7, 11) is 0. The maximum Gasteiger partial charge on any atom is 0.292 e. The normalized spacial score (nSPS) is 11.8. The van der Waals surface area contributed by atoms with Crippen LogP contribution in [0, 0.1) is 12.3 Å². The van der Waals surface area contributed by atoms with Gasteiger partial charge in [0.05, 0.1) is 17.3 Å². The molecule has 2 aromatic rings. The van der Waals surface area contributed by atoms with Gasteiger partial charge >= 0.3 is 0 Å². The Morgan fingerprint density at radius 2 is 2.45 bits per heavy atom. The maximum absolute atomic E-state index is 12.2. The van der Waals surface area contributed by atoms with E-state index in [1.807, 2.05) is 6.92 Å². The van der Waals surface area contributed by atoms with Crippen LogP contribution in [-0.4, -0.2) is 19.7 Å². The van der Waals surface area contributed by atoms with Gasteiger partial charge in [0.1, 0.15) is 18.1 Å². The summed E-state index contributed by atoms with van der Waals surface area (Å²) < 4.78 is 1.18. The quantitative estimate of drug-likeness (QED) is 0.824. The van der Waals surface area contributed by atoms with Crippen molar-refractivity contribution in [1.82, 2.24) is 19.7 Å². The fraction of sp³-hybridized carbons (Fsp3) is 0.308. The lowest BCUT2D eigenvalue weighted by atomic mass is 10.2. The molecule has 0 bridgehead atoms. The molecular formula is C13H14ClN5O. The topological polar surface area (TPSA) is 75.6 Å². The average molecular weight is 292 g/mol. The molecule has 2 aromatic heterocycles. The molecule has 0 aliphatic heterocycles. The molecule has 1 atom stereocenters. The van der Waals surface area contributed by atoms with Crippen molar-refractivity contribution < 1.29 is 0 Å². The highest BCUT2D eigenvalue weighted by atomic mass is 35.5. The van der Waals surface area contributed by atoms with E-state index in [1.54, 1.807) is 12.4 Å². The number of halogens is 1. The zero-order chi connectivity index (χ0) is 14.5. The van der Waals surface area contributed by atoms with E-state index in [-0.39, 0.29) is 28.9 Å². The minimum absolute atomic E-state index is 0.0994. The highest BCUT2D eigenvalue weighted by molar-refractivity contribution is 6.33. The number of rotatable bonds is 5. The van der Waals surface area contributed by atoms with Crippen molar-refractivity contribution in [1.29, 1.82) is 0 Å². The van der Waals surface area contributed by atoms with Crippen LogP contribution in [0.3, 0.4) is 0 Å². The highest BCUT2D eigenvalue weighted by Gasteiger charge is 2.16. The van der Waals surface area contributed by atoms with Crippen LogP contribution < -0.4 is 10.9 Å². The lowest BCUT2D eigenvalue weighted by molar-refractivity contribution is 0.653. The summed E-state index contributed by atoms with van der Waals surface area (Å²) in [6.07, 6.45) is 10.7. The molecule has 7 heteroatoms. The molecule has 2 N–H and O–H groups in total. The number of H-pyrrole nitrogens is 1. The van der Waals surface area contributed by atoms with E-state index in [1.165, 1.54) is 10.9 Å². The van der Waals surface area contributed by atoms with Crippen molar-refractivity contribution in [3.8, 4) is 12.3 Å². The Balaban J connectivity index is 2.35. The molecule has 6 nitrogen and oxygen atoms in total. The van der Waals surface area contributed by atoms with E-state index in [4.69, 9.17) is 18.0 Å². The zero-order valence-electron chi connectivity index (χ0n) is 10.9. The number of hydrogen-bond donors (Lipinski definition) is 2. The summed E-state index contributed by atoms with van der Waals surface area (Å²) in [5.74, 6) is 3.12. The minimum atomic E-state index is -0.347. The first-order valence-electron chi connectivity index (χ1n) is 6.12. The number of nitrogens with one attached hydrogen (secondary N) is 2. The smallest absolute Gasteiger partial charge is 0.292 e. The van der Waals surface area contributed by atoms with Crippen molar-refractivity contribution in [2.45, 2.75) is 25.9 Å². The van der Waals surface area contributed by atoms with E-state index >= 15 is 0 Å². The predicted molar refractivity (Wildman–Crippen MR) is 77.6 cm³/mol. The van der Waals surface area contributed by atoms with Crippen LogP contribution in [0.4, 0.5) is 5.69 Å². The molecule has 20 heavy (non-hydrogen) atoms. The van der Waals surface area contributed by atoms with Crippen molar-refractivity contribution >= 4 is 17.3 Å². The summed E-state index contributed by atoms with van der Waals surface area (Å²) in [5.41, 5.74) is -0.0689. The van der Waals surface area contributed by atoms with Crippen LogP contribution in [0.15, 0.2) is 23.4 Å². The zero-order valence-corrected chi connectivity index (χ0v) is 11.7. The Hall–Kier alpha value is -2.26. The monoisotopic (exact) mass is 291 g/mol. The molecule has 2 heterocycles. The molecule has 0 aliphatic rings. The molecule has 1 unspecified atom stereocenters. The van der Waals surface area contributed by atoms with Crippen molar-refractivity contribution in [2.24, 2.45) is 0 Å². The van der Waals surface area contributed by atoms with Crippen LogP contribution >= 0.6 is 11.6 Å². The van der Waals surface area contributed by atoms with Gasteiger partial charge in [-0.25, -0.2) is 9.67 Å². The average Bonchev–Trinajstić information content (AvgIpc) is 2.96. The second kappa shape index (κ2) is 6.26. The van der Waals surface area contributed by atoms with Crippen LogP contribution in [0.1, 0.15) is 25.2 Å². The Bertz CT molecular complexity index is 671. The lowest BCUT2D eigenvalue weighted by Crippen LogP contribution is -2.27. The fourth-order valence-electron chi connectivity index (χ4n) is 1.80. The van der Waals surface area contributed by atoms with Gasteiger partial charge < -0.3 is 10.3 Å². The van der Waals surface area contributed by atoms with Crippen LogP contribution in [0.5, 0.6) is 0 Å². The molecule has 104 valence electrons. The number of nitrogens with zero attached hydrogens (tertiary/aromatic N) is 3. The summed E-state index contributed by atoms with van der Waals surface area (Å²) in [4.78, 5) is 19.4. The molecule has 2 rings (SSSR count). The van der Waals surface area contributed by atoms with Gasteiger partial charge in [-0.3, -0.25) is 4.79 Å². The van der Waals surface area contributed by atoms with Crippen LogP contribution in [0.25, 0.3) is 0 Å². The molecule has 0 amide bonds. The molecule has 0 fully saturated rings. The van der Waals surface area contributed by atoms with Gasteiger partial charge in [0.25, 0.3) is 5.56 Å². The van der Waals surface area contributed by atoms with Gasteiger partial charge in [0.2, 0.25) is 0 Å². The first-order valence-corrected chi connectivity index (χ1v) is 6.50. The summed E-state index contributed by atoms with van der Waals surface area (Å²) in [6, 6.07) is -0.142. The van der Waals surface area contributed by atoms with E-state index in [0.29, 0.717) is 0 Å². The number of aromatic nitrogens is 4. The minimum Gasteiger partial charge on any atom is -0.369 e. The van der Waals surface area contributed by atoms with Gasteiger partial charge in [0.15, 0.2) is 0 Å². The van der Waals surface area contributed by atoms with E-state index in [0.717, 1.165) is 12.2 Å². The number of imidazole rings is 1. The third kappa shape index (κ3) is 2.83. The Morgan fingerprint density at radius 3 is 3.05 bits per heavy atom. The molecule has 0 saturated carbocycles. The van der Waals surface area contributed by atoms with Crippen LogP contribution in [-0.2, 0) is 6.54 Å². The van der Waals surface area contributed by atoms with Gasteiger partial charge in [-0.15, -0.1) is 6.42 Å². The number of terminal acetylenes is 1. The first kappa shape index (κ1) is 14.2. The third-order valence-corrected chi connectivity index (χ3v) is 3.10. The summed E-state index contributed by atoms with van der Waals surface area (Å²) in [6.45, 7) is 2.08. The fourth-order valence-corrected chi connectivity index (χ4v) is 1.98. The molecule has 0 saturated heterocycles. The standard InChI is InChI=1S/C13H14ClN5O/c1-3-7-19-13(20)11(9(14)8-17-19)18-10(4-2)12-15-5-6-16-12/h1,5-6,8,10,18H,4,7H2,2H3,(H,15,16). The molecular weight excluding hydrogens is 278 g/mol. The summed E-state index contributed by atoms with van der Waals surface area (Å²) >= 11 is 6.04. The van der Waals surface area contributed by atoms with Crippen molar-refractivity contribution in [2.75, 3.05) is 5.32 Å². The van der Waals surface area contributed by atoms with Crippen molar-refractivity contribution in [3.05, 3.63) is 39.8 Å². The predicted octanol–water partition coefficient (Wildman–Crippen LogP) is 1.82. The number of hydrogen-bond acceptors (Lipinski definition) is 4. The van der Waals surface area contributed by atoms with Gasteiger partial charge in [-0.1, -0.05) is 24.4 Å². The Kier molecular flexibility index (Phi) is 4.43. The van der Waals surface area contributed by atoms with Crippen molar-refractivity contribution in [3.63, 3.8) is 0 Å². The first-order chi connectivity index (χ1) is 9.67. The molecule has 0 spiro atoms. The van der Waals surface area contributed by atoms with Gasteiger partial charge in [-0.05, 0) is 6.42 Å².